The topological polar surface area (TPSA) is 71.3 Å². The Kier molecular flexibility index (Phi) is 5.29. The maximum Gasteiger partial charge on any atom is 0.234 e. The summed E-state index contributed by atoms with van der Waals surface area (Å²) in [5.74, 6) is 2.64. The van der Waals surface area contributed by atoms with Gasteiger partial charge < -0.3 is 9.84 Å². The van der Waals surface area contributed by atoms with E-state index in [4.69, 9.17) is 4.52 Å². The molecule has 2 fully saturated rings. The molecule has 1 amide bonds. The predicted octanol–water partition coefficient (Wildman–Crippen LogP) is 2.49. The first kappa shape index (κ1) is 17.2. The zero-order valence-electron chi connectivity index (χ0n) is 15.1. The SMILES string of the molecule is O=C(CN1CCC(c2ccccc2)CC1)NCCc1nc(C2CC2)no1. The van der Waals surface area contributed by atoms with Gasteiger partial charge in [0.1, 0.15) is 0 Å². The number of likely N-dealkylation sites (tertiary alicyclic amines) is 1. The number of amides is 1. The quantitative estimate of drug-likeness (QED) is 0.827. The number of nitrogens with zero attached hydrogens (tertiary/aromatic N) is 3. The van der Waals surface area contributed by atoms with Crippen molar-refractivity contribution in [2.45, 2.75) is 43.9 Å². The Morgan fingerprint density at radius 2 is 1.88 bits per heavy atom. The molecular weight excluding hydrogens is 328 g/mol. The summed E-state index contributed by atoms with van der Waals surface area (Å²) >= 11 is 0. The van der Waals surface area contributed by atoms with Gasteiger partial charge in [-0.25, -0.2) is 0 Å². The molecule has 26 heavy (non-hydrogen) atoms. The molecule has 1 saturated heterocycles. The van der Waals surface area contributed by atoms with Crippen molar-refractivity contribution in [1.82, 2.24) is 20.4 Å². The minimum Gasteiger partial charge on any atom is -0.354 e. The van der Waals surface area contributed by atoms with Gasteiger partial charge in [0, 0.05) is 18.9 Å². The number of carbonyl (C=O) groups is 1. The van der Waals surface area contributed by atoms with E-state index in [0.29, 0.717) is 37.2 Å². The zero-order chi connectivity index (χ0) is 17.8. The molecule has 138 valence electrons. The van der Waals surface area contributed by atoms with Crippen LogP contribution in [-0.2, 0) is 11.2 Å². The smallest absolute Gasteiger partial charge is 0.234 e. The Hall–Kier alpha value is -2.21. The van der Waals surface area contributed by atoms with Crippen molar-refractivity contribution in [2.75, 3.05) is 26.2 Å². The highest BCUT2D eigenvalue weighted by molar-refractivity contribution is 5.78. The van der Waals surface area contributed by atoms with Crippen molar-refractivity contribution in [3.05, 3.63) is 47.6 Å². The van der Waals surface area contributed by atoms with Gasteiger partial charge in [0.2, 0.25) is 11.8 Å². The maximum absolute atomic E-state index is 12.2. The van der Waals surface area contributed by atoms with Crippen LogP contribution in [0.4, 0.5) is 0 Å². The van der Waals surface area contributed by atoms with Gasteiger partial charge in [-0.05, 0) is 50.3 Å². The molecule has 1 saturated carbocycles. The number of rotatable bonds is 7. The van der Waals surface area contributed by atoms with Gasteiger partial charge in [-0.3, -0.25) is 9.69 Å². The van der Waals surface area contributed by atoms with E-state index in [1.807, 2.05) is 0 Å². The summed E-state index contributed by atoms with van der Waals surface area (Å²) in [4.78, 5) is 18.8. The van der Waals surface area contributed by atoms with Crippen LogP contribution in [0.25, 0.3) is 0 Å². The summed E-state index contributed by atoms with van der Waals surface area (Å²) in [6, 6.07) is 10.7. The largest absolute Gasteiger partial charge is 0.354 e. The molecule has 6 nitrogen and oxygen atoms in total. The number of aromatic nitrogens is 2. The third kappa shape index (κ3) is 4.49. The Balaban J connectivity index is 1.15. The van der Waals surface area contributed by atoms with E-state index < -0.39 is 0 Å². The van der Waals surface area contributed by atoms with Crippen molar-refractivity contribution in [2.24, 2.45) is 0 Å². The number of hydrogen-bond acceptors (Lipinski definition) is 5. The molecule has 2 aliphatic rings. The van der Waals surface area contributed by atoms with Gasteiger partial charge in [0.15, 0.2) is 5.82 Å². The van der Waals surface area contributed by atoms with Crippen molar-refractivity contribution in [3.63, 3.8) is 0 Å². The van der Waals surface area contributed by atoms with Crippen LogP contribution in [0.3, 0.4) is 0 Å². The van der Waals surface area contributed by atoms with Crippen LogP contribution in [0.15, 0.2) is 34.9 Å². The maximum atomic E-state index is 12.2. The molecule has 1 aliphatic carbocycles. The number of hydrogen-bond donors (Lipinski definition) is 1. The van der Waals surface area contributed by atoms with Gasteiger partial charge in [-0.1, -0.05) is 35.5 Å². The fraction of sp³-hybridized carbons (Fsp3) is 0.550. The standard InChI is InChI=1S/C20H26N4O2/c25-18(21-11-8-19-22-20(23-26-19)17-6-7-17)14-24-12-9-16(10-13-24)15-4-2-1-3-5-15/h1-5,16-17H,6-14H2,(H,21,25). The van der Waals surface area contributed by atoms with Gasteiger partial charge in [-0.15, -0.1) is 0 Å². The first-order valence-corrected chi connectivity index (χ1v) is 9.64. The molecule has 0 spiro atoms. The third-order valence-electron chi connectivity index (χ3n) is 5.31. The highest BCUT2D eigenvalue weighted by Gasteiger charge is 2.28. The molecule has 1 aliphatic heterocycles. The summed E-state index contributed by atoms with van der Waals surface area (Å²) in [5, 5.41) is 6.96. The normalized spacial score (nSPS) is 18.8. The molecule has 6 heteroatoms. The fourth-order valence-electron chi connectivity index (χ4n) is 3.59. The highest BCUT2D eigenvalue weighted by Crippen LogP contribution is 2.38. The summed E-state index contributed by atoms with van der Waals surface area (Å²) in [6.45, 7) is 2.97. The fourth-order valence-corrected chi connectivity index (χ4v) is 3.59. The first-order valence-electron chi connectivity index (χ1n) is 9.64. The number of carbonyl (C=O) groups excluding carboxylic acids is 1. The van der Waals surface area contributed by atoms with E-state index in [1.165, 1.54) is 5.56 Å². The molecule has 4 rings (SSSR count). The lowest BCUT2D eigenvalue weighted by molar-refractivity contribution is -0.122. The van der Waals surface area contributed by atoms with Gasteiger partial charge >= 0.3 is 0 Å². The van der Waals surface area contributed by atoms with E-state index >= 15 is 0 Å². The summed E-state index contributed by atoms with van der Waals surface area (Å²) < 4.78 is 5.23. The minimum absolute atomic E-state index is 0.0742. The summed E-state index contributed by atoms with van der Waals surface area (Å²) in [6.07, 6.45) is 5.15. The molecule has 0 atom stereocenters. The van der Waals surface area contributed by atoms with E-state index in [1.54, 1.807) is 0 Å². The Morgan fingerprint density at radius 3 is 2.62 bits per heavy atom. The first-order chi connectivity index (χ1) is 12.8. The lowest BCUT2D eigenvalue weighted by Gasteiger charge is -2.31. The highest BCUT2D eigenvalue weighted by atomic mass is 16.5. The lowest BCUT2D eigenvalue weighted by atomic mass is 9.89. The molecule has 2 aromatic rings. The zero-order valence-corrected chi connectivity index (χ0v) is 15.1. The van der Waals surface area contributed by atoms with Crippen LogP contribution >= 0.6 is 0 Å². The van der Waals surface area contributed by atoms with E-state index in [2.05, 4.69) is 50.7 Å². The van der Waals surface area contributed by atoms with Crippen LogP contribution in [0.2, 0.25) is 0 Å². The Morgan fingerprint density at radius 1 is 1.12 bits per heavy atom. The predicted molar refractivity (Wildman–Crippen MR) is 97.8 cm³/mol. The van der Waals surface area contributed by atoms with Gasteiger partial charge in [-0.2, -0.15) is 4.98 Å². The van der Waals surface area contributed by atoms with Crippen LogP contribution in [0, 0.1) is 0 Å². The monoisotopic (exact) mass is 354 g/mol. The van der Waals surface area contributed by atoms with Crippen molar-refractivity contribution in [3.8, 4) is 0 Å². The number of nitrogens with one attached hydrogen (secondary N) is 1. The molecule has 2 heterocycles. The van der Waals surface area contributed by atoms with Crippen LogP contribution in [0.1, 0.15) is 54.8 Å². The van der Waals surface area contributed by atoms with Gasteiger partial charge in [0.25, 0.3) is 0 Å². The number of benzene rings is 1. The Labute approximate surface area is 154 Å². The van der Waals surface area contributed by atoms with Crippen LogP contribution in [-0.4, -0.2) is 47.1 Å². The molecule has 0 radical (unpaired) electrons. The van der Waals surface area contributed by atoms with E-state index in [-0.39, 0.29) is 5.91 Å². The Bertz CT molecular complexity index is 718. The molecule has 0 bridgehead atoms. The average molecular weight is 354 g/mol. The second-order valence-electron chi connectivity index (χ2n) is 7.38. The van der Waals surface area contributed by atoms with Crippen molar-refractivity contribution >= 4 is 5.91 Å². The van der Waals surface area contributed by atoms with E-state index in [9.17, 15) is 4.79 Å². The average Bonchev–Trinajstić information content (AvgIpc) is 3.42. The number of piperidine rings is 1. The molecule has 1 aromatic carbocycles. The van der Waals surface area contributed by atoms with E-state index in [0.717, 1.165) is 44.6 Å². The summed E-state index contributed by atoms with van der Waals surface area (Å²) in [7, 11) is 0. The van der Waals surface area contributed by atoms with Crippen LogP contribution in [0.5, 0.6) is 0 Å². The van der Waals surface area contributed by atoms with Crippen molar-refractivity contribution < 1.29 is 9.32 Å². The lowest BCUT2D eigenvalue weighted by Crippen LogP contribution is -2.41. The summed E-state index contributed by atoms with van der Waals surface area (Å²) in [5.41, 5.74) is 1.42. The van der Waals surface area contributed by atoms with Crippen LogP contribution < -0.4 is 5.32 Å². The van der Waals surface area contributed by atoms with Gasteiger partial charge in [0.05, 0.1) is 6.54 Å². The minimum atomic E-state index is 0.0742. The third-order valence-corrected chi connectivity index (χ3v) is 5.31. The second-order valence-corrected chi connectivity index (χ2v) is 7.38. The molecule has 1 aromatic heterocycles. The van der Waals surface area contributed by atoms with Crippen molar-refractivity contribution in [1.29, 1.82) is 0 Å². The molecule has 1 N–H and O–H groups in total. The second kappa shape index (κ2) is 7.99. The molecular formula is C20H26N4O2. The molecule has 0 unspecified atom stereocenters.